The van der Waals surface area contributed by atoms with E-state index in [-0.39, 0.29) is 11.7 Å². The van der Waals surface area contributed by atoms with E-state index in [0.29, 0.717) is 18.9 Å². The van der Waals surface area contributed by atoms with Crippen molar-refractivity contribution < 1.29 is 37.7 Å². The van der Waals surface area contributed by atoms with Crippen LogP contribution in [0.25, 0.3) is 10.2 Å². The maximum Gasteiger partial charge on any atom is 0.490 e. The largest absolute Gasteiger partial charge is 0.508 e. The van der Waals surface area contributed by atoms with Crippen molar-refractivity contribution in [1.29, 1.82) is 0 Å². The number of nitrogens with zero attached hydrogens (tertiary/aromatic N) is 3. The van der Waals surface area contributed by atoms with Crippen molar-refractivity contribution in [1.82, 2.24) is 4.98 Å². The van der Waals surface area contributed by atoms with Crippen molar-refractivity contribution in [2.45, 2.75) is 19.1 Å². The number of benzene rings is 3. The molecule has 0 unspecified atom stereocenters. The molecule has 0 saturated carbocycles. The average molecular weight is 592 g/mol. The van der Waals surface area contributed by atoms with Crippen LogP contribution < -0.4 is 25.8 Å². The fraction of sp³-hybridized carbons (Fsp3) is 0.222. The van der Waals surface area contributed by atoms with Gasteiger partial charge in [0.1, 0.15) is 23.0 Å². The SMILES string of the molecule is CN(Cc1ccc(OCCCN=C(N)N)cc1)c1nc2ccc(Oc3ccc(O)cc3)cc2s1.O=C(O)C(F)(F)F. The first-order valence-corrected chi connectivity index (χ1v) is 12.9. The zero-order chi connectivity index (χ0) is 30.0. The Hall–Kier alpha value is -4.72. The number of ether oxygens (including phenoxy) is 2. The number of fused-ring (bicyclic) bond motifs is 1. The van der Waals surface area contributed by atoms with Gasteiger partial charge in [-0.05, 0) is 54.1 Å². The van der Waals surface area contributed by atoms with Gasteiger partial charge in [0.15, 0.2) is 11.1 Å². The van der Waals surface area contributed by atoms with Gasteiger partial charge in [-0.25, -0.2) is 9.78 Å². The molecule has 0 aliphatic carbocycles. The summed E-state index contributed by atoms with van der Waals surface area (Å²) in [7, 11) is 2.03. The number of phenols is 1. The molecule has 0 amide bonds. The van der Waals surface area contributed by atoms with E-state index in [1.165, 1.54) is 0 Å². The van der Waals surface area contributed by atoms with Crippen LogP contribution >= 0.6 is 11.3 Å². The summed E-state index contributed by atoms with van der Waals surface area (Å²) < 4.78 is 44.4. The lowest BCUT2D eigenvalue weighted by Crippen LogP contribution is -2.23. The Morgan fingerprint density at radius 1 is 1.02 bits per heavy atom. The first-order valence-electron chi connectivity index (χ1n) is 12.1. The van der Waals surface area contributed by atoms with Gasteiger partial charge in [-0.2, -0.15) is 13.2 Å². The number of aromatic hydroxyl groups is 1. The molecule has 6 N–H and O–H groups in total. The summed E-state index contributed by atoms with van der Waals surface area (Å²) in [5.41, 5.74) is 12.7. The summed E-state index contributed by atoms with van der Waals surface area (Å²) in [6, 6.07) is 20.5. The predicted molar refractivity (Wildman–Crippen MR) is 151 cm³/mol. The average Bonchev–Trinajstić information content (AvgIpc) is 3.34. The standard InChI is InChI=1S/C25H27N5O3S.C2HF3O2/c1-30(16-17-3-7-19(8-4-17)32-14-2-13-28-24(26)27)25-29-22-12-11-21(15-23(22)34-25)33-20-9-5-18(31)6-10-20;3-2(4,5)1(6)7/h3-12,15,31H,2,13-14,16H2,1H3,(H4,26,27,28);(H,6,7). The highest BCUT2D eigenvalue weighted by molar-refractivity contribution is 7.22. The molecule has 0 aliphatic rings. The zero-order valence-corrected chi connectivity index (χ0v) is 22.7. The predicted octanol–water partition coefficient (Wildman–Crippen LogP) is 5.11. The van der Waals surface area contributed by atoms with E-state index in [1.807, 2.05) is 37.4 Å². The quantitative estimate of drug-likeness (QED) is 0.112. The van der Waals surface area contributed by atoms with Gasteiger partial charge in [0, 0.05) is 32.6 Å². The van der Waals surface area contributed by atoms with Crippen LogP contribution in [-0.2, 0) is 11.3 Å². The number of guanidine groups is 1. The molecule has 4 rings (SSSR count). The van der Waals surface area contributed by atoms with E-state index < -0.39 is 12.1 Å². The number of hydrogen-bond donors (Lipinski definition) is 4. The maximum absolute atomic E-state index is 10.6. The van der Waals surface area contributed by atoms with Crippen molar-refractivity contribution in [2.24, 2.45) is 16.5 Å². The fourth-order valence-electron chi connectivity index (χ4n) is 3.27. The van der Waals surface area contributed by atoms with Gasteiger partial charge in [0.25, 0.3) is 0 Å². The van der Waals surface area contributed by atoms with E-state index in [0.717, 1.165) is 45.4 Å². The Morgan fingerprint density at radius 2 is 1.63 bits per heavy atom. The van der Waals surface area contributed by atoms with Crippen LogP contribution in [0.4, 0.5) is 18.3 Å². The van der Waals surface area contributed by atoms with Crippen LogP contribution in [0.5, 0.6) is 23.0 Å². The number of rotatable bonds is 10. The number of aromatic nitrogens is 1. The number of carboxylic acid groups (broad SMARTS) is 1. The third-order valence-corrected chi connectivity index (χ3v) is 6.33. The Balaban J connectivity index is 0.000000587. The number of alkyl halides is 3. The first kappa shape index (κ1) is 30.8. The van der Waals surface area contributed by atoms with Crippen LogP contribution in [0.2, 0.25) is 0 Å². The Labute approximate surface area is 237 Å². The normalized spacial score (nSPS) is 10.8. The Kier molecular flexibility index (Phi) is 10.6. The monoisotopic (exact) mass is 591 g/mol. The van der Waals surface area contributed by atoms with Crippen LogP contribution in [0, 0.1) is 0 Å². The molecular formula is C27H28F3N5O5S. The first-order chi connectivity index (χ1) is 19.4. The third kappa shape index (κ3) is 10.1. The highest BCUT2D eigenvalue weighted by Gasteiger charge is 2.38. The highest BCUT2D eigenvalue weighted by atomic mass is 32.1. The number of aliphatic carboxylic acids is 1. The molecule has 0 radical (unpaired) electrons. The number of carboxylic acids is 1. The summed E-state index contributed by atoms with van der Waals surface area (Å²) >= 11 is 1.61. The van der Waals surface area contributed by atoms with Gasteiger partial charge in [0.2, 0.25) is 0 Å². The number of phenolic OH excluding ortho intramolecular Hbond substituents is 1. The second-order valence-electron chi connectivity index (χ2n) is 8.53. The van der Waals surface area contributed by atoms with Crippen LogP contribution in [0.3, 0.4) is 0 Å². The number of halogens is 3. The number of anilines is 1. The maximum atomic E-state index is 10.6. The van der Waals surface area contributed by atoms with Crippen LogP contribution in [0.15, 0.2) is 71.7 Å². The fourth-order valence-corrected chi connectivity index (χ4v) is 4.22. The number of aliphatic imine (C=N–C) groups is 1. The van der Waals surface area contributed by atoms with Gasteiger partial charge < -0.3 is 36.1 Å². The summed E-state index contributed by atoms with van der Waals surface area (Å²) in [5.74, 6) is -0.237. The van der Waals surface area contributed by atoms with Crippen LogP contribution in [-0.4, -0.2) is 53.5 Å². The van der Waals surface area contributed by atoms with Crippen molar-refractivity contribution in [3.63, 3.8) is 0 Å². The number of carbonyl (C=O) groups is 1. The second-order valence-corrected chi connectivity index (χ2v) is 9.54. The summed E-state index contributed by atoms with van der Waals surface area (Å²) in [5, 5.41) is 17.5. The Morgan fingerprint density at radius 3 is 2.24 bits per heavy atom. The van der Waals surface area contributed by atoms with Gasteiger partial charge in [-0.15, -0.1) is 0 Å². The van der Waals surface area contributed by atoms with E-state index in [9.17, 15) is 18.3 Å². The number of thiazole rings is 1. The molecule has 0 spiro atoms. The third-order valence-electron chi connectivity index (χ3n) is 5.20. The molecule has 0 atom stereocenters. The minimum absolute atomic E-state index is 0.101. The molecule has 218 valence electrons. The highest BCUT2D eigenvalue weighted by Crippen LogP contribution is 2.33. The van der Waals surface area contributed by atoms with E-state index >= 15 is 0 Å². The second kappa shape index (κ2) is 14.1. The van der Waals surface area contributed by atoms with Gasteiger partial charge in [-0.1, -0.05) is 23.5 Å². The molecule has 1 heterocycles. The smallest absolute Gasteiger partial charge is 0.490 e. The van der Waals surface area contributed by atoms with Gasteiger partial charge in [-0.3, -0.25) is 4.99 Å². The van der Waals surface area contributed by atoms with E-state index in [4.69, 9.17) is 35.8 Å². The minimum Gasteiger partial charge on any atom is -0.508 e. The number of hydrogen-bond acceptors (Lipinski definition) is 8. The Bertz CT molecular complexity index is 1460. The van der Waals surface area contributed by atoms with Crippen molar-refractivity contribution in [2.75, 3.05) is 25.1 Å². The molecular weight excluding hydrogens is 563 g/mol. The molecule has 10 nitrogen and oxygen atoms in total. The number of nitrogens with two attached hydrogens (primary N) is 2. The molecule has 14 heteroatoms. The van der Waals surface area contributed by atoms with Crippen molar-refractivity contribution in [3.8, 4) is 23.0 Å². The zero-order valence-electron chi connectivity index (χ0n) is 21.8. The lowest BCUT2D eigenvalue weighted by atomic mass is 10.2. The minimum atomic E-state index is -5.08. The lowest BCUT2D eigenvalue weighted by molar-refractivity contribution is -0.192. The molecule has 0 bridgehead atoms. The molecule has 0 aliphatic heterocycles. The molecule has 0 fully saturated rings. The summed E-state index contributed by atoms with van der Waals surface area (Å²) in [6.07, 6.45) is -4.33. The van der Waals surface area contributed by atoms with Gasteiger partial charge >= 0.3 is 12.1 Å². The molecule has 0 saturated heterocycles. The summed E-state index contributed by atoms with van der Waals surface area (Å²) in [6.45, 7) is 1.83. The van der Waals surface area contributed by atoms with Crippen molar-refractivity contribution in [3.05, 3.63) is 72.3 Å². The molecule has 3 aromatic carbocycles. The lowest BCUT2D eigenvalue weighted by Gasteiger charge is -2.16. The van der Waals surface area contributed by atoms with Crippen molar-refractivity contribution >= 4 is 38.6 Å². The molecule has 1 aromatic heterocycles. The molecule has 4 aromatic rings. The van der Waals surface area contributed by atoms with Gasteiger partial charge in [0.05, 0.1) is 16.8 Å². The summed E-state index contributed by atoms with van der Waals surface area (Å²) in [4.78, 5) is 19.7. The van der Waals surface area contributed by atoms with Crippen LogP contribution in [0.1, 0.15) is 12.0 Å². The molecule has 41 heavy (non-hydrogen) atoms. The van der Waals surface area contributed by atoms with E-state index in [2.05, 4.69) is 22.0 Å². The van der Waals surface area contributed by atoms with E-state index in [1.54, 1.807) is 35.6 Å². The topological polar surface area (TPSA) is 157 Å².